The van der Waals surface area contributed by atoms with Crippen LogP contribution in [0.25, 0.3) is 0 Å². The quantitative estimate of drug-likeness (QED) is 0.791. The average Bonchev–Trinajstić information content (AvgIpc) is 2.94. The van der Waals surface area contributed by atoms with Gasteiger partial charge in [-0.3, -0.25) is 0 Å². The minimum absolute atomic E-state index is 0.605. The second kappa shape index (κ2) is 6.40. The van der Waals surface area contributed by atoms with Crippen LogP contribution in [0.5, 0.6) is 0 Å². The van der Waals surface area contributed by atoms with Crippen molar-refractivity contribution in [3.05, 3.63) is 20.8 Å². The van der Waals surface area contributed by atoms with E-state index in [0.29, 0.717) is 5.41 Å². The first kappa shape index (κ1) is 14.4. The second-order valence-corrected chi connectivity index (χ2v) is 7.47. The van der Waals surface area contributed by atoms with Crippen LogP contribution < -0.4 is 5.32 Å². The molecule has 0 saturated heterocycles. The topological polar surface area (TPSA) is 12.0 Å². The van der Waals surface area contributed by atoms with Gasteiger partial charge in [-0.05, 0) is 69.7 Å². The van der Waals surface area contributed by atoms with Gasteiger partial charge in [0.2, 0.25) is 0 Å². The third kappa shape index (κ3) is 3.49. The van der Waals surface area contributed by atoms with Crippen molar-refractivity contribution < 1.29 is 0 Å². The Balaban J connectivity index is 1.93. The highest BCUT2D eigenvalue weighted by molar-refractivity contribution is 7.16. The summed E-state index contributed by atoms with van der Waals surface area (Å²) in [6.07, 6.45) is 9.58. The lowest BCUT2D eigenvalue weighted by atomic mass is 9.78. The third-order valence-corrected chi connectivity index (χ3v) is 5.99. The summed E-state index contributed by atoms with van der Waals surface area (Å²) >= 11 is 7.92. The molecule has 1 saturated carbocycles. The highest BCUT2D eigenvalue weighted by Gasteiger charge is 2.32. The van der Waals surface area contributed by atoms with Crippen LogP contribution in [-0.4, -0.2) is 13.6 Å². The lowest BCUT2D eigenvalue weighted by Crippen LogP contribution is -2.23. The third-order valence-electron chi connectivity index (χ3n) is 4.38. The number of hydrogen-bond donors (Lipinski definition) is 1. The van der Waals surface area contributed by atoms with Gasteiger partial charge in [0, 0.05) is 4.88 Å². The Morgan fingerprint density at radius 3 is 2.61 bits per heavy atom. The summed E-state index contributed by atoms with van der Waals surface area (Å²) in [5.41, 5.74) is 1.85. The zero-order valence-electron chi connectivity index (χ0n) is 11.5. The molecule has 1 fully saturated rings. The summed E-state index contributed by atoms with van der Waals surface area (Å²) in [6, 6.07) is 2.27. The molecule has 1 aromatic rings. The van der Waals surface area contributed by atoms with Crippen molar-refractivity contribution in [1.29, 1.82) is 0 Å². The molecule has 0 unspecified atom stereocenters. The Morgan fingerprint density at radius 2 is 2.06 bits per heavy atom. The SMILES string of the molecule is CNCCC1(CCc2cc(C)c(Cl)s2)CCCC1. The molecule has 0 atom stereocenters. The van der Waals surface area contributed by atoms with Crippen LogP contribution in [-0.2, 0) is 6.42 Å². The molecule has 1 N–H and O–H groups in total. The number of halogens is 1. The fourth-order valence-corrected chi connectivity index (χ4v) is 4.42. The van der Waals surface area contributed by atoms with E-state index in [-0.39, 0.29) is 0 Å². The first-order valence-electron chi connectivity index (χ1n) is 7.05. The zero-order chi connectivity index (χ0) is 13.0. The van der Waals surface area contributed by atoms with Gasteiger partial charge < -0.3 is 5.32 Å². The van der Waals surface area contributed by atoms with Gasteiger partial charge in [0.1, 0.15) is 0 Å². The maximum absolute atomic E-state index is 6.15. The second-order valence-electron chi connectivity index (χ2n) is 5.73. The van der Waals surface area contributed by atoms with Crippen molar-refractivity contribution in [2.45, 2.75) is 51.9 Å². The van der Waals surface area contributed by atoms with Crippen molar-refractivity contribution >= 4 is 22.9 Å². The maximum atomic E-state index is 6.15. The van der Waals surface area contributed by atoms with E-state index < -0.39 is 0 Å². The highest BCUT2D eigenvalue weighted by atomic mass is 35.5. The van der Waals surface area contributed by atoms with E-state index in [0.717, 1.165) is 10.9 Å². The number of rotatable bonds is 6. The average molecular weight is 286 g/mol. The lowest BCUT2D eigenvalue weighted by Gasteiger charge is -2.29. The number of thiophene rings is 1. The summed E-state index contributed by atoms with van der Waals surface area (Å²) in [4.78, 5) is 1.47. The molecular weight excluding hydrogens is 262 g/mol. The molecule has 0 bridgehead atoms. The normalized spacial score (nSPS) is 18.4. The molecule has 2 rings (SSSR count). The fourth-order valence-electron chi connectivity index (χ4n) is 3.18. The van der Waals surface area contributed by atoms with E-state index in [1.165, 1.54) is 55.4 Å². The summed E-state index contributed by atoms with van der Waals surface area (Å²) < 4.78 is 0.973. The molecule has 1 nitrogen and oxygen atoms in total. The lowest BCUT2D eigenvalue weighted by molar-refractivity contribution is 0.248. The number of nitrogens with one attached hydrogen (secondary N) is 1. The van der Waals surface area contributed by atoms with Gasteiger partial charge in [-0.1, -0.05) is 24.4 Å². The smallest absolute Gasteiger partial charge is 0.0960 e. The van der Waals surface area contributed by atoms with Gasteiger partial charge in [-0.15, -0.1) is 11.3 Å². The highest BCUT2D eigenvalue weighted by Crippen LogP contribution is 2.45. The molecule has 3 heteroatoms. The Bertz CT molecular complexity index is 360. The van der Waals surface area contributed by atoms with Crippen LogP contribution in [0.4, 0.5) is 0 Å². The molecule has 0 amide bonds. The largest absolute Gasteiger partial charge is 0.320 e. The van der Waals surface area contributed by atoms with E-state index in [1.807, 2.05) is 0 Å². The van der Waals surface area contributed by atoms with E-state index in [9.17, 15) is 0 Å². The van der Waals surface area contributed by atoms with Crippen molar-refractivity contribution in [2.24, 2.45) is 5.41 Å². The van der Waals surface area contributed by atoms with Crippen molar-refractivity contribution in [2.75, 3.05) is 13.6 Å². The van der Waals surface area contributed by atoms with Gasteiger partial charge >= 0.3 is 0 Å². The van der Waals surface area contributed by atoms with Gasteiger partial charge in [0.15, 0.2) is 0 Å². The molecule has 1 heterocycles. The van der Waals surface area contributed by atoms with Crippen molar-refractivity contribution in [1.82, 2.24) is 5.32 Å². The molecule has 1 aliphatic carbocycles. The summed E-state index contributed by atoms with van der Waals surface area (Å²) in [6.45, 7) is 3.26. The van der Waals surface area contributed by atoms with E-state index in [4.69, 9.17) is 11.6 Å². The summed E-state index contributed by atoms with van der Waals surface area (Å²) in [5.74, 6) is 0. The Morgan fingerprint density at radius 1 is 1.33 bits per heavy atom. The molecule has 18 heavy (non-hydrogen) atoms. The van der Waals surface area contributed by atoms with Crippen LogP contribution in [0.2, 0.25) is 4.34 Å². The summed E-state index contributed by atoms with van der Waals surface area (Å²) in [7, 11) is 2.06. The fraction of sp³-hybridized carbons (Fsp3) is 0.733. The minimum atomic E-state index is 0.605. The molecule has 1 aliphatic rings. The van der Waals surface area contributed by atoms with E-state index >= 15 is 0 Å². The van der Waals surface area contributed by atoms with Crippen LogP contribution in [0.3, 0.4) is 0 Å². The first-order chi connectivity index (χ1) is 8.65. The Kier molecular flexibility index (Phi) is 5.11. The van der Waals surface area contributed by atoms with Gasteiger partial charge in [0.25, 0.3) is 0 Å². The molecule has 0 aromatic carbocycles. The molecule has 0 spiro atoms. The van der Waals surface area contributed by atoms with Crippen molar-refractivity contribution in [3.8, 4) is 0 Å². The van der Waals surface area contributed by atoms with Crippen molar-refractivity contribution in [3.63, 3.8) is 0 Å². The minimum Gasteiger partial charge on any atom is -0.320 e. The van der Waals surface area contributed by atoms with E-state index in [2.05, 4.69) is 25.4 Å². The Hall–Kier alpha value is -0.0500. The standard InChI is InChI=1S/C15H24ClNS/c1-12-11-13(18-14(12)16)5-8-15(9-10-17-2)6-3-4-7-15/h11,17H,3-10H2,1-2H3. The molecule has 102 valence electrons. The predicted molar refractivity (Wildman–Crippen MR) is 81.8 cm³/mol. The predicted octanol–water partition coefficient (Wildman–Crippen LogP) is 4.81. The first-order valence-corrected chi connectivity index (χ1v) is 8.24. The van der Waals surface area contributed by atoms with Crippen LogP contribution >= 0.6 is 22.9 Å². The molecule has 1 aromatic heterocycles. The van der Waals surface area contributed by atoms with Gasteiger partial charge in [-0.25, -0.2) is 0 Å². The Labute approximate surface area is 120 Å². The number of aryl methyl sites for hydroxylation is 2. The summed E-state index contributed by atoms with van der Waals surface area (Å²) in [5, 5.41) is 3.31. The molecule has 0 aliphatic heterocycles. The maximum Gasteiger partial charge on any atom is 0.0960 e. The molecular formula is C15H24ClNS. The van der Waals surface area contributed by atoms with Crippen LogP contribution in [0.1, 0.15) is 49.0 Å². The van der Waals surface area contributed by atoms with Gasteiger partial charge in [0.05, 0.1) is 4.34 Å². The zero-order valence-corrected chi connectivity index (χ0v) is 13.1. The van der Waals surface area contributed by atoms with Crippen LogP contribution in [0.15, 0.2) is 6.07 Å². The monoisotopic (exact) mass is 285 g/mol. The van der Waals surface area contributed by atoms with Crippen LogP contribution in [0, 0.1) is 12.3 Å². The number of hydrogen-bond acceptors (Lipinski definition) is 2. The van der Waals surface area contributed by atoms with E-state index in [1.54, 1.807) is 11.3 Å². The molecule has 0 radical (unpaired) electrons. The van der Waals surface area contributed by atoms with Gasteiger partial charge in [-0.2, -0.15) is 0 Å².